The van der Waals surface area contributed by atoms with Crippen molar-refractivity contribution in [3.05, 3.63) is 40.9 Å². The van der Waals surface area contributed by atoms with Gasteiger partial charge in [0.25, 0.3) is 0 Å². The first-order chi connectivity index (χ1) is 14.5. The number of benzene rings is 1. The van der Waals surface area contributed by atoms with Gasteiger partial charge in [-0.3, -0.25) is 4.79 Å². The summed E-state index contributed by atoms with van der Waals surface area (Å²) in [5.41, 5.74) is 3.63. The van der Waals surface area contributed by atoms with Crippen LogP contribution in [0.25, 0.3) is 27.6 Å². The van der Waals surface area contributed by atoms with E-state index in [-0.39, 0.29) is 11.8 Å². The molecule has 30 heavy (non-hydrogen) atoms. The standard InChI is InChI=1S/C21H23N7OS/c1-12-11-30-20(22-12)18-25-19(15-6-4-5-9-27(3)21(15)29)28(26-18)14-7-8-16-17(10-14)24-13(2)23-16/h7-8,10-11,15H,4-6,9H2,1-3H3,(H,23,24). The average molecular weight is 422 g/mol. The Morgan fingerprint density at radius 3 is 2.83 bits per heavy atom. The average Bonchev–Trinajstić information content (AvgIpc) is 3.41. The Kier molecular flexibility index (Phi) is 4.62. The molecule has 0 aliphatic carbocycles. The maximum atomic E-state index is 13.1. The van der Waals surface area contributed by atoms with E-state index in [4.69, 9.17) is 10.1 Å². The van der Waals surface area contributed by atoms with Crippen molar-refractivity contribution in [1.29, 1.82) is 0 Å². The summed E-state index contributed by atoms with van der Waals surface area (Å²) >= 11 is 1.52. The van der Waals surface area contributed by atoms with Crippen LogP contribution in [0.2, 0.25) is 0 Å². The number of aryl methyl sites for hydroxylation is 2. The van der Waals surface area contributed by atoms with Gasteiger partial charge in [-0.05, 0) is 44.9 Å². The summed E-state index contributed by atoms with van der Waals surface area (Å²) in [5.74, 6) is 1.87. The second-order valence-electron chi connectivity index (χ2n) is 7.83. The van der Waals surface area contributed by atoms with E-state index in [2.05, 4.69) is 15.0 Å². The van der Waals surface area contributed by atoms with Crippen LogP contribution in [0.15, 0.2) is 23.6 Å². The highest BCUT2D eigenvalue weighted by Crippen LogP contribution is 2.31. The molecule has 0 bridgehead atoms. The fourth-order valence-electron chi connectivity index (χ4n) is 3.98. The van der Waals surface area contributed by atoms with Gasteiger partial charge in [0.2, 0.25) is 11.7 Å². The van der Waals surface area contributed by atoms with Crippen LogP contribution >= 0.6 is 11.3 Å². The number of carbonyl (C=O) groups excluding carboxylic acids is 1. The van der Waals surface area contributed by atoms with Crippen molar-refractivity contribution < 1.29 is 4.79 Å². The fraction of sp³-hybridized carbons (Fsp3) is 0.381. The monoisotopic (exact) mass is 421 g/mol. The number of hydrogen-bond acceptors (Lipinski definition) is 6. The number of aromatic amines is 1. The summed E-state index contributed by atoms with van der Waals surface area (Å²) in [6.07, 6.45) is 2.76. The van der Waals surface area contributed by atoms with Crippen LogP contribution in [0.3, 0.4) is 0 Å². The van der Waals surface area contributed by atoms with Gasteiger partial charge in [0.1, 0.15) is 11.6 Å². The summed E-state index contributed by atoms with van der Waals surface area (Å²) in [7, 11) is 1.87. The molecule has 1 unspecified atom stereocenters. The topological polar surface area (TPSA) is 92.6 Å². The predicted octanol–water partition coefficient (Wildman–Crippen LogP) is 3.61. The molecule has 154 valence electrons. The number of carbonyl (C=O) groups is 1. The SMILES string of the molecule is Cc1csc(-c2nc(C3CCCCN(C)C3=O)n(-c3ccc4nc(C)[nH]c4c3)n2)n1. The molecular weight excluding hydrogens is 398 g/mol. The molecule has 1 amide bonds. The first-order valence-corrected chi connectivity index (χ1v) is 11.0. The third-order valence-corrected chi connectivity index (χ3v) is 6.45. The molecule has 8 nitrogen and oxygen atoms in total. The van der Waals surface area contributed by atoms with Gasteiger partial charge in [0, 0.05) is 24.7 Å². The summed E-state index contributed by atoms with van der Waals surface area (Å²) < 4.78 is 1.81. The van der Waals surface area contributed by atoms with Crippen molar-refractivity contribution in [3.63, 3.8) is 0 Å². The molecule has 4 heterocycles. The largest absolute Gasteiger partial charge is 0.345 e. The molecule has 0 spiro atoms. The molecule has 3 aromatic heterocycles. The number of nitrogens with one attached hydrogen (secondary N) is 1. The molecule has 9 heteroatoms. The molecule has 5 rings (SSSR count). The van der Waals surface area contributed by atoms with Gasteiger partial charge in [0.15, 0.2) is 5.01 Å². The zero-order valence-corrected chi connectivity index (χ0v) is 18.0. The molecule has 4 aromatic rings. The van der Waals surface area contributed by atoms with E-state index in [0.717, 1.165) is 59.1 Å². The number of H-pyrrole nitrogens is 1. The molecule has 1 N–H and O–H groups in total. The Hall–Kier alpha value is -3.07. The minimum atomic E-state index is -0.320. The smallest absolute Gasteiger partial charge is 0.233 e. The van der Waals surface area contributed by atoms with E-state index >= 15 is 0 Å². The number of likely N-dealkylation sites (tertiary alicyclic amines) is 1. The van der Waals surface area contributed by atoms with Crippen LogP contribution in [0.5, 0.6) is 0 Å². The Labute approximate surface area is 178 Å². The summed E-state index contributed by atoms with van der Waals surface area (Å²) in [5, 5.41) is 7.54. The highest BCUT2D eigenvalue weighted by Gasteiger charge is 2.32. The van der Waals surface area contributed by atoms with E-state index in [9.17, 15) is 4.79 Å². The first-order valence-electron chi connectivity index (χ1n) is 10.1. The third kappa shape index (κ3) is 3.28. The van der Waals surface area contributed by atoms with E-state index in [1.807, 2.05) is 54.1 Å². The quantitative estimate of drug-likeness (QED) is 0.545. The zero-order valence-electron chi connectivity index (χ0n) is 17.2. The number of hydrogen-bond donors (Lipinski definition) is 1. The maximum Gasteiger partial charge on any atom is 0.233 e. The number of thiazole rings is 1. The van der Waals surface area contributed by atoms with E-state index in [1.165, 1.54) is 11.3 Å². The third-order valence-electron chi connectivity index (χ3n) is 5.49. The van der Waals surface area contributed by atoms with Crippen LogP contribution in [-0.4, -0.2) is 54.1 Å². The van der Waals surface area contributed by atoms with Crippen LogP contribution in [-0.2, 0) is 4.79 Å². The molecular formula is C21H23N7OS. The van der Waals surface area contributed by atoms with E-state index in [1.54, 1.807) is 0 Å². The molecule has 0 radical (unpaired) electrons. The van der Waals surface area contributed by atoms with Crippen LogP contribution in [0.4, 0.5) is 0 Å². The summed E-state index contributed by atoms with van der Waals surface area (Å²) in [6.45, 7) is 4.67. The molecule has 1 aliphatic rings. The van der Waals surface area contributed by atoms with Gasteiger partial charge < -0.3 is 9.88 Å². The highest BCUT2D eigenvalue weighted by atomic mass is 32.1. The number of aromatic nitrogens is 6. The lowest BCUT2D eigenvalue weighted by atomic mass is 10.0. The lowest BCUT2D eigenvalue weighted by Crippen LogP contribution is -2.31. The van der Waals surface area contributed by atoms with Crippen molar-refractivity contribution in [2.24, 2.45) is 0 Å². The van der Waals surface area contributed by atoms with Crippen molar-refractivity contribution in [1.82, 2.24) is 34.6 Å². The van der Waals surface area contributed by atoms with Gasteiger partial charge in [-0.1, -0.05) is 6.42 Å². The number of amides is 1. The number of nitrogens with zero attached hydrogens (tertiary/aromatic N) is 6. The van der Waals surface area contributed by atoms with E-state index < -0.39 is 0 Å². The molecule has 0 saturated carbocycles. The number of fused-ring (bicyclic) bond motifs is 1. The second kappa shape index (κ2) is 7.32. The van der Waals surface area contributed by atoms with Gasteiger partial charge in [-0.15, -0.1) is 16.4 Å². The fourth-order valence-corrected chi connectivity index (χ4v) is 4.70. The Morgan fingerprint density at radius 1 is 1.17 bits per heavy atom. The lowest BCUT2D eigenvalue weighted by molar-refractivity contribution is -0.131. The summed E-state index contributed by atoms with van der Waals surface area (Å²) in [6, 6.07) is 5.95. The van der Waals surface area contributed by atoms with Crippen molar-refractivity contribution in [2.75, 3.05) is 13.6 Å². The predicted molar refractivity (Wildman–Crippen MR) is 116 cm³/mol. The van der Waals surface area contributed by atoms with Gasteiger partial charge >= 0.3 is 0 Å². The highest BCUT2D eigenvalue weighted by molar-refractivity contribution is 7.13. The van der Waals surface area contributed by atoms with Crippen molar-refractivity contribution in [3.8, 4) is 16.5 Å². The molecule has 1 atom stereocenters. The Balaban J connectivity index is 1.67. The Bertz CT molecular complexity index is 1240. The van der Waals surface area contributed by atoms with Gasteiger partial charge in [-0.25, -0.2) is 19.6 Å². The van der Waals surface area contributed by atoms with Gasteiger partial charge in [0.05, 0.1) is 22.6 Å². The van der Waals surface area contributed by atoms with E-state index in [0.29, 0.717) is 11.6 Å². The Morgan fingerprint density at radius 2 is 2.03 bits per heavy atom. The lowest BCUT2D eigenvalue weighted by Gasteiger charge is -2.19. The number of imidazole rings is 1. The molecule has 1 aliphatic heterocycles. The number of likely N-dealkylation sites (N-methyl/N-ethyl adjacent to an activating group) is 1. The van der Waals surface area contributed by atoms with Crippen LogP contribution in [0, 0.1) is 13.8 Å². The summed E-state index contributed by atoms with van der Waals surface area (Å²) in [4.78, 5) is 32.1. The molecule has 1 aromatic carbocycles. The zero-order chi connectivity index (χ0) is 20.8. The second-order valence-corrected chi connectivity index (χ2v) is 8.69. The first kappa shape index (κ1) is 18.9. The van der Waals surface area contributed by atoms with Crippen LogP contribution < -0.4 is 0 Å². The van der Waals surface area contributed by atoms with Gasteiger partial charge in [-0.2, -0.15) is 0 Å². The van der Waals surface area contributed by atoms with Crippen molar-refractivity contribution in [2.45, 2.75) is 39.0 Å². The normalized spacial score (nSPS) is 17.6. The van der Waals surface area contributed by atoms with Crippen molar-refractivity contribution >= 4 is 28.3 Å². The molecule has 1 saturated heterocycles. The molecule has 1 fully saturated rings. The maximum absolute atomic E-state index is 13.1. The minimum absolute atomic E-state index is 0.0986. The minimum Gasteiger partial charge on any atom is -0.345 e. The van der Waals surface area contributed by atoms with Crippen LogP contribution in [0.1, 0.15) is 42.5 Å². The number of rotatable bonds is 3.